The van der Waals surface area contributed by atoms with Crippen molar-refractivity contribution < 1.29 is 0 Å². The van der Waals surface area contributed by atoms with Gasteiger partial charge in [0.15, 0.2) is 0 Å². The van der Waals surface area contributed by atoms with Crippen LogP contribution in [0.5, 0.6) is 0 Å². The van der Waals surface area contributed by atoms with Crippen molar-refractivity contribution >= 4 is 11.5 Å². The quantitative estimate of drug-likeness (QED) is 0.762. The van der Waals surface area contributed by atoms with Crippen LogP contribution in [0.3, 0.4) is 0 Å². The average Bonchev–Trinajstić information content (AvgIpc) is 2.45. The summed E-state index contributed by atoms with van der Waals surface area (Å²) < 4.78 is 2.06. The molecule has 1 aromatic rings. The maximum Gasteiger partial charge on any atom is 0.148 e. The third-order valence-electron chi connectivity index (χ3n) is 4.11. The van der Waals surface area contributed by atoms with E-state index in [4.69, 9.17) is 0 Å². The molecule has 16 heavy (non-hydrogen) atoms. The molecule has 0 aromatic carbocycles. The zero-order chi connectivity index (χ0) is 11.2. The highest BCUT2D eigenvalue weighted by molar-refractivity contribution is 5.69. The summed E-state index contributed by atoms with van der Waals surface area (Å²) in [5, 5.41) is 11.7. The van der Waals surface area contributed by atoms with E-state index in [1.54, 1.807) is 0 Å². The molecule has 1 aromatic heterocycles. The summed E-state index contributed by atoms with van der Waals surface area (Å²) in [7, 11) is 0. The van der Waals surface area contributed by atoms with E-state index in [2.05, 4.69) is 34.3 Å². The van der Waals surface area contributed by atoms with E-state index in [1.165, 1.54) is 30.8 Å². The highest BCUT2D eigenvalue weighted by atomic mass is 15.3. The van der Waals surface area contributed by atoms with Crippen molar-refractivity contribution in [3.05, 3.63) is 5.69 Å². The fourth-order valence-corrected chi connectivity index (χ4v) is 2.84. The van der Waals surface area contributed by atoms with Gasteiger partial charge in [-0.05, 0) is 26.7 Å². The molecule has 0 atom stereocenters. The molecule has 0 unspecified atom stereocenters. The molecule has 2 aliphatic rings. The number of aryl methyl sites for hydroxylation is 2. The molecule has 1 aliphatic heterocycles. The molecule has 1 spiro atoms. The van der Waals surface area contributed by atoms with Gasteiger partial charge < -0.3 is 10.6 Å². The largest absolute Gasteiger partial charge is 0.380 e. The monoisotopic (exact) mass is 220 g/mol. The highest BCUT2D eigenvalue weighted by Gasteiger charge is 2.39. The Bertz CT molecular complexity index is 403. The predicted octanol–water partition coefficient (Wildman–Crippen LogP) is 2.22. The zero-order valence-electron chi connectivity index (χ0n) is 10.1. The molecule has 3 rings (SSSR count). The second-order valence-electron chi connectivity index (χ2n) is 5.19. The lowest BCUT2D eigenvalue weighted by atomic mass is 9.69. The SMILES string of the molecule is CCn1nc(C)c2c1NCC1(CCC1)CN2. The van der Waals surface area contributed by atoms with Gasteiger partial charge in [-0.2, -0.15) is 5.10 Å². The number of hydrogen-bond donors (Lipinski definition) is 2. The van der Waals surface area contributed by atoms with E-state index in [9.17, 15) is 0 Å². The van der Waals surface area contributed by atoms with Crippen molar-refractivity contribution in [1.82, 2.24) is 9.78 Å². The fraction of sp³-hybridized carbons (Fsp3) is 0.750. The Labute approximate surface area is 96.4 Å². The normalized spacial score (nSPS) is 21.6. The van der Waals surface area contributed by atoms with E-state index in [0.717, 1.165) is 25.3 Å². The Hall–Kier alpha value is -1.19. The van der Waals surface area contributed by atoms with Crippen molar-refractivity contribution in [2.45, 2.75) is 39.7 Å². The van der Waals surface area contributed by atoms with Crippen LogP contribution in [0.2, 0.25) is 0 Å². The first-order valence-corrected chi connectivity index (χ1v) is 6.29. The van der Waals surface area contributed by atoms with Crippen LogP contribution in [0.1, 0.15) is 31.9 Å². The van der Waals surface area contributed by atoms with E-state index >= 15 is 0 Å². The first-order chi connectivity index (χ1) is 7.74. The maximum atomic E-state index is 4.54. The van der Waals surface area contributed by atoms with Crippen molar-refractivity contribution in [3.63, 3.8) is 0 Å². The minimum Gasteiger partial charge on any atom is -0.380 e. The Kier molecular flexibility index (Phi) is 2.13. The summed E-state index contributed by atoms with van der Waals surface area (Å²) in [5.41, 5.74) is 2.83. The van der Waals surface area contributed by atoms with Gasteiger partial charge in [0.2, 0.25) is 0 Å². The number of fused-ring (bicyclic) bond motifs is 1. The third kappa shape index (κ3) is 1.32. The molecule has 0 saturated heterocycles. The van der Waals surface area contributed by atoms with Gasteiger partial charge in [0, 0.05) is 25.0 Å². The van der Waals surface area contributed by atoms with Crippen molar-refractivity contribution in [1.29, 1.82) is 0 Å². The molecule has 1 aliphatic carbocycles. The molecule has 2 N–H and O–H groups in total. The van der Waals surface area contributed by atoms with Crippen molar-refractivity contribution in [2.75, 3.05) is 23.7 Å². The number of nitrogens with zero attached hydrogens (tertiary/aromatic N) is 2. The van der Waals surface area contributed by atoms with Crippen LogP contribution in [0.15, 0.2) is 0 Å². The van der Waals surface area contributed by atoms with Gasteiger partial charge >= 0.3 is 0 Å². The van der Waals surface area contributed by atoms with Gasteiger partial charge in [-0.15, -0.1) is 0 Å². The molecule has 1 fully saturated rings. The molecule has 88 valence electrons. The first-order valence-electron chi connectivity index (χ1n) is 6.29. The Balaban J connectivity index is 1.91. The summed E-state index contributed by atoms with van der Waals surface area (Å²) in [6.45, 7) is 7.34. The van der Waals surface area contributed by atoms with Crippen molar-refractivity contribution in [3.8, 4) is 0 Å². The van der Waals surface area contributed by atoms with Crippen LogP contribution < -0.4 is 10.6 Å². The fourth-order valence-electron chi connectivity index (χ4n) is 2.84. The minimum absolute atomic E-state index is 0.504. The third-order valence-corrected chi connectivity index (χ3v) is 4.11. The minimum atomic E-state index is 0.504. The molecule has 0 radical (unpaired) electrons. The van der Waals surface area contributed by atoms with Crippen LogP contribution in [-0.2, 0) is 6.54 Å². The molecule has 1 saturated carbocycles. The molecule has 4 nitrogen and oxygen atoms in total. The standard InChI is InChI=1S/C12H20N4/c1-3-16-11-10(9(2)15-16)13-7-12(8-14-11)5-4-6-12/h13-14H,3-8H2,1-2H3. The molecule has 0 bridgehead atoms. The molecule has 2 heterocycles. The topological polar surface area (TPSA) is 41.9 Å². The summed E-state index contributed by atoms with van der Waals surface area (Å²) in [6.07, 6.45) is 4.10. The molecular weight excluding hydrogens is 200 g/mol. The van der Waals surface area contributed by atoms with Crippen molar-refractivity contribution in [2.24, 2.45) is 5.41 Å². The molecule has 4 heteroatoms. The summed E-state index contributed by atoms with van der Waals surface area (Å²) in [6, 6.07) is 0. The number of hydrogen-bond acceptors (Lipinski definition) is 3. The summed E-state index contributed by atoms with van der Waals surface area (Å²) in [4.78, 5) is 0. The highest BCUT2D eigenvalue weighted by Crippen LogP contribution is 2.44. The smallest absolute Gasteiger partial charge is 0.148 e. The van der Waals surface area contributed by atoms with Gasteiger partial charge in [0.05, 0.1) is 5.69 Å². The van der Waals surface area contributed by atoms with Gasteiger partial charge in [-0.25, -0.2) is 4.68 Å². The Morgan fingerprint density at radius 3 is 2.69 bits per heavy atom. The van der Waals surface area contributed by atoms with E-state index < -0.39 is 0 Å². The molecular formula is C12H20N4. The first kappa shape index (κ1) is 10.00. The van der Waals surface area contributed by atoms with Gasteiger partial charge in [0.25, 0.3) is 0 Å². The predicted molar refractivity (Wildman–Crippen MR) is 65.9 cm³/mol. The summed E-state index contributed by atoms with van der Waals surface area (Å²) >= 11 is 0. The second-order valence-corrected chi connectivity index (χ2v) is 5.19. The lowest BCUT2D eigenvalue weighted by molar-refractivity contribution is 0.170. The number of nitrogens with one attached hydrogen (secondary N) is 2. The lowest BCUT2D eigenvalue weighted by Crippen LogP contribution is -2.41. The lowest BCUT2D eigenvalue weighted by Gasteiger charge is -2.41. The number of rotatable bonds is 1. The average molecular weight is 220 g/mol. The van der Waals surface area contributed by atoms with E-state index in [0.29, 0.717) is 5.41 Å². The number of aromatic nitrogens is 2. The van der Waals surface area contributed by atoms with Gasteiger partial charge in [-0.1, -0.05) is 6.42 Å². The van der Waals surface area contributed by atoms with Gasteiger partial charge in [-0.3, -0.25) is 0 Å². The summed E-state index contributed by atoms with van der Waals surface area (Å²) in [5.74, 6) is 1.18. The number of anilines is 2. The zero-order valence-corrected chi connectivity index (χ0v) is 10.1. The van der Waals surface area contributed by atoms with Crippen LogP contribution in [-0.4, -0.2) is 22.9 Å². The van der Waals surface area contributed by atoms with E-state index in [-0.39, 0.29) is 0 Å². The molecule has 0 amide bonds. The maximum absolute atomic E-state index is 4.54. The van der Waals surface area contributed by atoms with Crippen LogP contribution in [0, 0.1) is 12.3 Å². The van der Waals surface area contributed by atoms with E-state index in [1.807, 2.05) is 0 Å². The van der Waals surface area contributed by atoms with Crippen LogP contribution >= 0.6 is 0 Å². The Morgan fingerprint density at radius 1 is 1.31 bits per heavy atom. The Morgan fingerprint density at radius 2 is 2.06 bits per heavy atom. The van der Waals surface area contributed by atoms with Crippen LogP contribution in [0.25, 0.3) is 0 Å². The van der Waals surface area contributed by atoms with Gasteiger partial charge in [0.1, 0.15) is 11.5 Å². The van der Waals surface area contributed by atoms with Crippen LogP contribution in [0.4, 0.5) is 11.5 Å². The second kappa shape index (κ2) is 3.40.